The molecule has 0 saturated heterocycles. The van der Waals surface area contributed by atoms with E-state index in [0.29, 0.717) is 0 Å². The van der Waals surface area contributed by atoms with Gasteiger partial charge in [0, 0.05) is 5.92 Å². The third-order valence-electron chi connectivity index (χ3n) is 5.23. The van der Waals surface area contributed by atoms with Crippen LogP contribution in [0.1, 0.15) is 17.0 Å². The van der Waals surface area contributed by atoms with Gasteiger partial charge in [0.1, 0.15) is 24.8 Å². The van der Waals surface area contributed by atoms with Crippen LogP contribution in [0.4, 0.5) is 9.18 Å². The van der Waals surface area contributed by atoms with Gasteiger partial charge in [-0.05, 0) is 40.5 Å². The SMILES string of the molecule is O=C(N[C@@H](COc1ccc(F)cc1Cl)C(=O)O)OCC1c2ccccc2-c2ccccc21. The van der Waals surface area contributed by atoms with Crippen LogP contribution < -0.4 is 10.1 Å². The van der Waals surface area contributed by atoms with Crippen molar-refractivity contribution in [2.75, 3.05) is 13.2 Å². The van der Waals surface area contributed by atoms with Crippen LogP contribution in [0.15, 0.2) is 66.7 Å². The second-order valence-electron chi connectivity index (χ2n) is 7.25. The molecule has 0 fully saturated rings. The second kappa shape index (κ2) is 9.28. The zero-order valence-corrected chi connectivity index (χ0v) is 17.5. The van der Waals surface area contributed by atoms with Crippen LogP contribution in [0.3, 0.4) is 0 Å². The number of benzene rings is 3. The summed E-state index contributed by atoms with van der Waals surface area (Å²) in [4.78, 5) is 23.9. The minimum absolute atomic E-state index is 0.00437. The number of hydrogen-bond donors (Lipinski definition) is 2. The van der Waals surface area contributed by atoms with Crippen molar-refractivity contribution in [2.24, 2.45) is 0 Å². The smallest absolute Gasteiger partial charge is 0.407 e. The van der Waals surface area contributed by atoms with Crippen molar-refractivity contribution in [3.05, 3.63) is 88.7 Å². The Labute approximate surface area is 188 Å². The average molecular weight is 456 g/mol. The fourth-order valence-corrected chi connectivity index (χ4v) is 3.94. The Morgan fingerprint density at radius 1 is 1.03 bits per heavy atom. The summed E-state index contributed by atoms with van der Waals surface area (Å²) in [6, 6.07) is 17.9. The van der Waals surface area contributed by atoms with Crippen LogP contribution in [0.2, 0.25) is 5.02 Å². The fourth-order valence-electron chi connectivity index (χ4n) is 3.72. The molecular weight excluding hydrogens is 437 g/mol. The number of carboxylic acid groups (broad SMARTS) is 1. The molecule has 6 nitrogen and oxygen atoms in total. The number of carbonyl (C=O) groups excluding carboxylic acids is 1. The molecule has 3 aromatic rings. The van der Waals surface area contributed by atoms with Crippen molar-refractivity contribution in [2.45, 2.75) is 12.0 Å². The standard InChI is InChI=1S/C24H19ClFNO5/c25-20-11-14(26)9-10-22(20)31-13-21(23(28)29)27-24(30)32-12-19-17-7-3-1-5-15(17)16-6-2-4-8-18(16)19/h1-11,19,21H,12-13H2,(H,27,30)(H,28,29)/t21-/m0/s1. The van der Waals surface area contributed by atoms with Crippen molar-refractivity contribution in [3.8, 4) is 16.9 Å². The summed E-state index contributed by atoms with van der Waals surface area (Å²) in [7, 11) is 0. The van der Waals surface area contributed by atoms with E-state index < -0.39 is 30.5 Å². The van der Waals surface area contributed by atoms with Crippen molar-refractivity contribution < 1.29 is 28.6 Å². The van der Waals surface area contributed by atoms with E-state index in [4.69, 9.17) is 21.1 Å². The molecule has 0 bridgehead atoms. The van der Waals surface area contributed by atoms with E-state index in [1.165, 1.54) is 6.07 Å². The summed E-state index contributed by atoms with van der Waals surface area (Å²) >= 11 is 5.88. The van der Waals surface area contributed by atoms with Gasteiger partial charge in [-0.2, -0.15) is 0 Å². The van der Waals surface area contributed by atoms with Crippen molar-refractivity contribution in [3.63, 3.8) is 0 Å². The van der Waals surface area contributed by atoms with Gasteiger partial charge >= 0.3 is 12.1 Å². The van der Waals surface area contributed by atoms with Gasteiger partial charge in [-0.15, -0.1) is 0 Å². The van der Waals surface area contributed by atoms with Gasteiger partial charge in [-0.25, -0.2) is 14.0 Å². The zero-order chi connectivity index (χ0) is 22.7. The van der Waals surface area contributed by atoms with Gasteiger partial charge < -0.3 is 19.9 Å². The van der Waals surface area contributed by atoms with Crippen molar-refractivity contribution in [1.29, 1.82) is 0 Å². The first-order chi connectivity index (χ1) is 15.4. The van der Waals surface area contributed by atoms with E-state index in [9.17, 15) is 19.1 Å². The Hall–Kier alpha value is -3.58. The van der Waals surface area contributed by atoms with Crippen LogP contribution in [0.25, 0.3) is 11.1 Å². The molecular formula is C24H19ClFNO5. The lowest BCUT2D eigenvalue weighted by Gasteiger charge is -2.18. The summed E-state index contributed by atoms with van der Waals surface area (Å²) in [5.41, 5.74) is 4.27. The molecule has 8 heteroatoms. The van der Waals surface area contributed by atoms with Crippen LogP contribution >= 0.6 is 11.6 Å². The molecule has 0 unspecified atom stereocenters. The quantitative estimate of drug-likeness (QED) is 0.532. The molecule has 0 aliphatic heterocycles. The molecule has 1 atom stereocenters. The number of alkyl carbamates (subject to hydrolysis) is 1. The normalized spacial score (nSPS) is 13.1. The Kier molecular flexibility index (Phi) is 6.28. The number of nitrogens with one attached hydrogen (secondary N) is 1. The number of fused-ring (bicyclic) bond motifs is 3. The first-order valence-electron chi connectivity index (χ1n) is 9.86. The van der Waals surface area contributed by atoms with E-state index in [0.717, 1.165) is 34.4 Å². The average Bonchev–Trinajstić information content (AvgIpc) is 3.10. The fraction of sp³-hybridized carbons (Fsp3) is 0.167. The molecule has 3 aromatic carbocycles. The third-order valence-corrected chi connectivity index (χ3v) is 5.53. The van der Waals surface area contributed by atoms with Crippen molar-refractivity contribution in [1.82, 2.24) is 5.32 Å². The number of aliphatic carboxylic acids is 1. The van der Waals surface area contributed by atoms with Crippen LogP contribution in [-0.4, -0.2) is 36.4 Å². The minimum Gasteiger partial charge on any atom is -0.489 e. The maximum atomic E-state index is 13.1. The summed E-state index contributed by atoms with van der Waals surface area (Å²) in [6.45, 7) is -0.359. The summed E-state index contributed by atoms with van der Waals surface area (Å²) in [5, 5.41) is 11.7. The molecule has 164 valence electrons. The molecule has 1 aliphatic carbocycles. The highest BCUT2D eigenvalue weighted by Crippen LogP contribution is 2.44. The first-order valence-corrected chi connectivity index (χ1v) is 10.2. The number of hydrogen-bond acceptors (Lipinski definition) is 4. The molecule has 1 amide bonds. The molecule has 4 rings (SSSR count). The lowest BCUT2D eigenvalue weighted by atomic mass is 9.98. The number of rotatable bonds is 7. The highest BCUT2D eigenvalue weighted by atomic mass is 35.5. The van der Waals surface area contributed by atoms with E-state index >= 15 is 0 Å². The lowest BCUT2D eigenvalue weighted by molar-refractivity contribution is -0.140. The highest BCUT2D eigenvalue weighted by Gasteiger charge is 2.30. The highest BCUT2D eigenvalue weighted by molar-refractivity contribution is 6.32. The van der Waals surface area contributed by atoms with Crippen molar-refractivity contribution >= 4 is 23.7 Å². The Morgan fingerprint density at radius 2 is 1.66 bits per heavy atom. The predicted octanol–water partition coefficient (Wildman–Crippen LogP) is 4.85. The molecule has 0 radical (unpaired) electrons. The Bertz CT molecular complexity index is 1120. The Morgan fingerprint density at radius 3 is 2.25 bits per heavy atom. The summed E-state index contributed by atoms with van der Waals surface area (Å²) in [5.74, 6) is -1.90. The number of halogens is 2. The zero-order valence-electron chi connectivity index (χ0n) is 16.8. The molecule has 0 spiro atoms. The number of carbonyl (C=O) groups is 2. The first kappa shape index (κ1) is 21.6. The van der Waals surface area contributed by atoms with Gasteiger partial charge in [0.15, 0.2) is 6.04 Å². The molecule has 1 aliphatic rings. The van der Waals surface area contributed by atoms with E-state index in [2.05, 4.69) is 5.32 Å². The Balaban J connectivity index is 1.39. The topological polar surface area (TPSA) is 84.9 Å². The van der Waals surface area contributed by atoms with Gasteiger partial charge in [0.2, 0.25) is 0 Å². The largest absolute Gasteiger partial charge is 0.489 e. The lowest BCUT2D eigenvalue weighted by Crippen LogP contribution is -2.45. The molecule has 0 saturated carbocycles. The van der Waals surface area contributed by atoms with Gasteiger partial charge in [0.25, 0.3) is 0 Å². The van der Waals surface area contributed by atoms with Gasteiger partial charge in [-0.1, -0.05) is 60.1 Å². The van der Waals surface area contributed by atoms with Crippen LogP contribution in [0, 0.1) is 5.82 Å². The molecule has 32 heavy (non-hydrogen) atoms. The maximum Gasteiger partial charge on any atom is 0.407 e. The van der Waals surface area contributed by atoms with E-state index in [-0.39, 0.29) is 23.3 Å². The number of carboxylic acids is 1. The number of ether oxygens (including phenoxy) is 2. The van der Waals surface area contributed by atoms with Gasteiger partial charge in [-0.3, -0.25) is 0 Å². The molecule has 0 heterocycles. The van der Waals surface area contributed by atoms with Gasteiger partial charge in [0.05, 0.1) is 5.02 Å². The van der Waals surface area contributed by atoms with E-state index in [1.54, 1.807) is 0 Å². The second-order valence-corrected chi connectivity index (χ2v) is 7.65. The summed E-state index contributed by atoms with van der Waals surface area (Å²) < 4.78 is 23.8. The predicted molar refractivity (Wildman–Crippen MR) is 117 cm³/mol. The minimum atomic E-state index is -1.38. The third kappa shape index (κ3) is 4.53. The maximum absolute atomic E-state index is 13.1. The summed E-state index contributed by atoms with van der Waals surface area (Å²) in [6.07, 6.45) is -0.881. The van der Waals surface area contributed by atoms with E-state index in [1.807, 2.05) is 48.5 Å². The van der Waals surface area contributed by atoms with Crippen LogP contribution in [0.5, 0.6) is 5.75 Å². The molecule has 2 N–H and O–H groups in total. The molecule has 0 aromatic heterocycles. The van der Waals surface area contributed by atoms with Crippen LogP contribution in [-0.2, 0) is 9.53 Å². The number of amides is 1. The monoisotopic (exact) mass is 455 g/mol.